The first-order valence-corrected chi connectivity index (χ1v) is 8.12. The Balaban J connectivity index is 1.84. The van der Waals surface area contributed by atoms with Crippen molar-refractivity contribution in [3.8, 4) is 5.69 Å². The van der Waals surface area contributed by atoms with Crippen LogP contribution in [0.5, 0.6) is 0 Å². The summed E-state index contributed by atoms with van der Waals surface area (Å²) in [6.07, 6.45) is 7.34. The molecule has 0 aliphatic carbocycles. The molecule has 0 saturated heterocycles. The number of aryl methyl sites for hydroxylation is 1. The second kappa shape index (κ2) is 7.17. The third-order valence-corrected chi connectivity index (χ3v) is 3.84. The number of carbonyl (C=O) groups is 1. The van der Waals surface area contributed by atoms with Crippen LogP contribution in [0.15, 0.2) is 55.1 Å². The van der Waals surface area contributed by atoms with Crippen LogP contribution in [0, 0.1) is 6.92 Å². The van der Waals surface area contributed by atoms with Gasteiger partial charge in [0.2, 0.25) is 5.91 Å². The monoisotopic (exact) mass is 335 g/mol. The summed E-state index contributed by atoms with van der Waals surface area (Å²) in [6, 6.07) is 9.76. The Morgan fingerprint density at radius 1 is 1.24 bits per heavy atom. The number of hydrogen-bond donors (Lipinski definition) is 2. The van der Waals surface area contributed by atoms with Crippen LogP contribution in [0.4, 0.5) is 11.4 Å². The molecule has 3 aromatic rings. The molecule has 25 heavy (non-hydrogen) atoms. The van der Waals surface area contributed by atoms with Crippen LogP contribution in [-0.4, -0.2) is 20.7 Å². The number of amides is 1. The average Bonchev–Trinajstić information content (AvgIpc) is 3.01. The van der Waals surface area contributed by atoms with Gasteiger partial charge in [-0.1, -0.05) is 12.1 Å². The number of anilines is 2. The number of nitrogens with one attached hydrogen (secondary N) is 2. The summed E-state index contributed by atoms with van der Waals surface area (Å²) >= 11 is 0. The minimum Gasteiger partial charge on any atom is -0.376 e. The van der Waals surface area contributed by atoms with E-state index in [1.54, 1.807) is 12.4 Å². The van der Waals surface area contributed by atoms with Gasteiger partial charge in [0.1, 0.15) is 0 Å². The number of pyridine rings is 1. The highest BCUT2D eigenvalue weighted by Gasteiger charge is 2.11. The van der Waals surface area contributed by atoms with Crippen LogP contribution >= 0.6 is 0 Å². The predicted octanol–water partition coefficient (Wildman–Crippen LogP) is 3.71. The van der Waals surface area contributed by atoms with E-state index in [4.69, 9.17) is 0 Å². The van der Waals surface area contributed by atoms with Gasteiger partial charge in [-0.25, -0.2) is 4.68 Å². The molecule has 0 fully saturated rings. The van der Waals surface area contributed by atoms with Gasteiger partial charge in [-0.3, -0.25) is 9.78 Å². The molecule has 0 bridgehead atoms. The molecule has 0 aliphatic heterocycles. The summed E-state index contributed by atoms with van der Waals surface area (Å²) < 4.78 is 1.83. The van der Waals surface area contributed by atoms with E-state index in [2.05, 4.69) is 27.6 Å². The Bertz CT molecular complexity index is 887. The topological polar surface area (TPSA) is 71.8 Å². The van der Waals surface area contributed by atoms with Gasteiger partial charge in [-0.2, -0.15) is 5.10 Å². The molecule has 3 rings (SSSR count). The first-order valence-electron chi connectivity index (χ1n) is 8.12. The average molecular weight is 335 g/mol. The molecule has 1 atom stereocenters. The summed E-state index contributed by atoms with van der Waals surface area (Å²) in [4.78, 5) is 15.5. The molecule has 6 nitrogen and oxygen atoms in total. The zero-order valence-corrected chi connectivity index (χ0v) is 14.5. The van der Waals surface area contributed by atoms with Crippen LogP contribution in [0.1, 0.15) is 31.0 Å². The molecule has 2 heterocycles. The van der Waals surface area contributed by atoms with E-state index in [-0.39, 0.29) is 11.9 Å². The van der Waals surface area contributed by atoms with Crippen molar-refractivity contribution in [3.63, 3.8) is 0 Å². The second-order valence-corrected chi connectivity index (χ2v) is 6.03. The van der Waals surface area contributed by atoms with E-state index in [9.17, 15) is 4.79 Å². The van der Waals surface area contributed by atoms with Gasteiger partial charge in [-0.15, -0.1) is 0 Å². The quantitative estimate of drug-likeness (QED) is 0.745. The Kier molecular flexibility index (Phi) is 4.79. The van der Waals surface area contributed by atoms with Crippen molar-refractivity contribution in [3.05, 3.63) is 66.2 Å². The fourth-order valence-corrected chi connectivity index (χ4v) is 2.65. The zero-order chi connectivity index (χ0) is 17.8. The fraction of sp³-hybridized carbons (Fsp3) is 0.211. The standard InChI is InChI=1S/C19H21N5O/c1-13-10-21-24(12-13)19-7-8-20-11-18(19)22-14(2)16-5-4-6-17(9-16)23-15(3)25/h4-12,14,22H,1-3H3,(H,23,25). The summed E-state index contributed by atoms with van der Waals surface area (Å²) in [5.74, 6) is -0.0821. The summed E-state index contributed by atoms with van der Waals surface area (Å²) in [6.45, 7) is 5.58. The molecular formula is C19H21N5O. The maximum atomic E-state index is 11.2. The molecule has 6 heteroatoms. The van der Waals surface area contributed by atoms with Crippen molar-refractivity contribution in [1.29, 1.82) is 0 Å². The Hall–Kier alpha value is -3.15. The third-order valence-electron chi connectivity index (χ3n) is 3.84. The number of benzene rings is 1. The maximum absolute atomic E-state index is 11.2. The van der Waals surface area contributed by atoms with Gasteiger partial charge in [0, 0.05) is 31.0 Å². The van der Waals surface area contributed by atoms with E-state index < -0.39 is 0 Å². The van der Waals surface area contributed by atoms with Gasteiger partial charge < -0.3 is 10.6 Å². The molecular weight excluding hydrogens is 314 g/mol. The molecule has 2 N–H and O–H groups in total. The number of carbonyl (C=O) groups excluding carboxylic acids is 1. The highest BCUT2D eigenvalue weighted by atomic mass is 16.1. The van der Waals surface area contributed by atoms with E-state index in [1.165, 1.54) is 6.92 Å². The molecule has 1 unspecified atom stereocenters. The lowest BCUT2D eigenvalue weighted by molar-refractivity contribution is -0.114. The molecule has 2 aromatic heterocycles. The highest BCUT2D eigenvalue weighted by Crippen LogP contribution is 2.25. The number of rotatable bonds is 5. The molecule has 128 valence electrons. The highest BCUT2D eigenvalue weighted by molar-refractivity contribution is 5.88. The first kappa shape index (κ1) is 16.7. The lowest BCUT2D eigenvalue weighted by Gasteiger charge is -2.19. The van der Waals surface area contributed by atoms with Crippen LogP contribution in [0.2, 0.25) is 0 Å². The van der Waals surface area contributed by atoms with E-state index in [0.717, 1.165) is 28.2 Å². The summed E-state index contributed by atoms with van der Waals surface area (Å²) in [5, 5.41) is 10.7. The Morgan fingerprint density at radius 2 is 2.08 bits per heavy atom. The third kappa shape index (κ3) is 4.03. The fourth-order valence-electron chi connectivity index (χ4n) is 2.65. The maximum Gasteiger partial charge on any atom is 0.221 e. The van der Waals surface area contributed by atoms with Crippen LogP contribution in [-0.2, 0) is 4.79 Å². The first-order chi connectivity index (χ1) is 12.0. The largest absolute Gasteiger partial charge is 0.376 e. The molecule has 0 aliphatic rings. The SMILES string of the molecule is CC(=O)Nc1cccc(C(C)Nc2cnccc2-n2cc(C)cn2)c1. The van der Waals surface area contributed by atoms with E-state index >= 15 is 0 Å². The van der Waals surface area contributed by atoms with Gasteiger partial charge >= 0.3 is 0 Å². The molecule has 0 radical (unpaired) electrons. The van der Waals surface area contributed by atoms with Crippen molar-refractivity contribution in [2.75, 3.05) is 10.6 Å². The van der Waals surface area contributed by atoms with Crippen LogP contribution < -0.4 is 10.6 Å². The van der Waals surface area contributed by atoms with E-state index in [1.807, 2.05) is 54.3 Å². The minimum absolute atomic E-state index is 0.0355. The van der Waals surface area contributed by atoms with Crippen molar-refractivity contribution >= 4 is 17.3 Å². The Labute approximate surface area is 146 Å². The van der Waals surface area contributed by atoms with Crippen molar-refractivity contribution in [2.45, 2.75) is 26.8 Å². The number of nitrogens with zero attached hydrogens (tertiary/aromatic N) is 3. The van der Waals surface area contributed by atoms with Crippen LogP contribution in [0.3, 0.4) is 0 Å². The molecule has 1 aromatic carbocycles. The molecule has 0 saturated carbocycles. The molecule has 0 spiro atoms. The number of aromatic nitrogens is 3. The summed E-state index contributed by atoms with van der Waals surface area (Å²) in [5.41, 5.74) is 4.78. The van der Waals surface area contributed by atoms with Gasteiger partial charge in [0.05, 0.1) is 23.8 Å². The van der Waals surface area contributed by atoms with Gasteiger partial charge in [0.15, 0.2) is 0 Å². The Morgan fingerprint density at radius 3 is 2.80 bits per heavy atom. The van der Waals surface area contributed by atoms with Crippen molar-refractivity contribution < 1.29 is 4.79 Å². The lowest BCUT2D eigenvalue weighted by atomic mass is 10.1. The lowest BCUT2D eigenvalue weighted by Crippen LogP contribution is -2.11. The van der Waals surface area contributed by atoms with Crippen molar-refractivity contribution in [2.24, 2.45) is 0 Å². The normalized spacial score (nSPS) is 11.8. The van der Waals surface area contributed by atoms with Crippen LogP contribution in [0.25, 0.3) is 5.69 Å². The summed E-state index contributed by atoms with van der Waals surface area (Å²) in [7, 11) is 0. The zero-order valence-electron chi connectivity index (χ0n) is 14.5. The van der Waals surface area contributed by atoms with E-state index in [0.29, 0.717) is 0 Å². The van der Waals surface area contributed by atoms with Gasteiger partial charge in [-0.05, 0) is 43.2 Å². The van der Waals surface area contributed by atoms with Gasteiger partial charge in [0.25, 0.3) is 0 Å². The number of hydrogen-bond acceptors (Lipinski definition) is 4. The minimum atomic E-state index is -0.0821. The second-order valence-electron chi connectivity index (χ2n) is 6.03. The molecule has 1 amide bonds. The smallest absolute Gasteiger partial charge is 0.221 e. The van der Waals surface area contributed by atoms with Crippen molar-refractivity contribution in [1.82, 2.24) is 14.8 Å². The predicted molar refractivity (Wildman–Crippen MR) is 98.9 cm³/mol.